The second-order valence-electron chi connectivity index (χ2n) is 8.53. The van der Waals surface area contributed by atoms with Gasteiger partial charge in [0.15, 0.2) is 0 Å². The van der Waals surface area contributed by atoms with E-state index >= 15 is 0 Å². The predicted molar refractivity (Wildman–Crippen MR) is 115 cm³/mol. The molecule has 3 fully saturated rings. The second kappa shape index (κ2) is 8.80. The van der Waals surface area contributed by atoms with Crippen LogP contribution in [-0.2, 0) is 24.3 Å². The number of carbonyl (C=O) groups excluding carboxylic acids is 3. The van der Waals surface area contributed by atoms with E-state index in [-0.39, 0.29) is 35.5 Å². The van der Waals surface area contributed by atoms with Crippen LogP contribution in [0.4, 0.5) is 10.5 Å². The number of nitrogens with zero attached hydrogens (tertiary/aromatic N) is 2. The van der Waals surface area contributed by atoms with E-state index in [2.05, 4.69) is 10.6 Å². The Morgan fingerprint density at radius 3 is 2.72 bits per heavy atom. The van der Waals surface area contributed by atoms with Crippen LogP contribution in [-0.4, -0.2) is 73.9 Å². The van der Waals surface area contributed by atoms with Crippen molar-refractivity contribution in [2.75, 3.05) is 38.2 Å². The average Bonchev–Trinajstić information content (AvgIpc) is 3.01. The van der Waals surface area contributed by atoms with Crippen LogP contribution < -0.4 is 10.6 Å². The Morgan fingerprint density at radius 2 is 2.00 bits per heavy atom. The molecule has 1 aromatic carbocycles. The fourth-order valence-electron chi connectivity index (χ4n) is 4.65. The van der Waals surface area contributed by atoms with E-state index in [0.717, 1.165) is 24.2 Å². The van der Waals surface area contributed by atoms with Crippen LogP contribution in [0.2, 0.25) is 0 Å². The fourth-order valence-corrected chi connectivity index (χ4v) is 6.11. The summed E-state index contributed by atoms with van der Waals surface area (Å²) in [6, 6.07) is 5.37. The first kappa shape index (κ1) is 22.7. The van der Waals surface area contributed by atoms with Gasteiger partial charge in [0.25, 0.3) is 5.91 Å². The Hall–Kier alpha value is -2.50. The zero-order valence-electron chi connectivity index (χ0n) is 18.0. The van der Waals surface area contributed by atoms with Gasteiger partial charge in [-0.05, 0) is 37.0 Å². The van der Waals surface area contributed by atoms with Crippen LogP contribution >= 0.6 is 0 Å². The van der Waals surface area contributed by atoms with E-state index in [9.17, 15) is 22.8 Å². The molecule has 2 atom stereocenters. The molecular formula is C21H28N4O6S. The monoisotopic (exact) mass is 464 g/mol. The van der Waals surface area contributed by atoms with Crippen LogP contribution in [0.1, 0.15) is 32.6 Å². The molecule has 32 heavy (non-hydrogen) atoms. The summed E-state index contributed by atoms with van der Waals surface area (Å²) >= 11 is 0. The van der Waals surface area contributed by atoms with Crippen molar-refractivity contribution in [1.29, 1.82) is 0 Å². The van der Waals surface area contributed by atoms with Crippen molar-refractivity contribution in [3.05, 3.63) is 24.3 Å². The Morgan fingerprint density at radius 1 is 1.25 bits per heavy atom. The molecule has 2 N–H and O–H groups in total. The van der Waals surface area contributed by atoms with Gasteiger partial charge < -0.3 is 15.4 Å². The number of imide groups is 1. The third kappa shape index (κ3) is 4.12. The molecule has 11 heteroatoms. The Balaban J connectivity index is 1.44. The van der Waals surface area contributed by atoms with Gasteiger partial charge in [0, 0.05) is 18.8 Å². The third-order valence-electron chi connectivity index (χ3n) is 6.53. The number of amides is 4. The quantitative estimate of drug-likeness (QED) is 0.630. The highest BCUT2D eigenvalue weighted by Gasteiger charge is 2.55. The van der Waals surface area contributed by atoms with Gasteiger partial charge in [-0.15, -0.1) is 0 Å². The maximum atomic E-state index is 13.0. The lowest BCUT2D eigenvalue weighted by Gasteiger charge is -2.36. The molecule has 4 amide bonds. The molecule has 10 nitrogen and oxygen atoms in total. The number of nitrogens with one attached hydrogen (secondary N) is 2. The van der Waals surface area contributed by atoms with Crippen molar-refractivity contribution >= 4 is 33.6 Å². The summed E-state index contributed by atoms with van der Waals surface area (Å²) in [4.78, 5) is 39.1. The summed E-state index contributed by atoms with van der Waals surface area (Å²) in [6.07, 6.45) is 3.27. The number of sulfonamides is 1. The standard InChI is InChI=1S/C21H28N4O6S/c1-15-5-2-3-8-21(15)19(27)25(20(28)23-21)14-18(26)22-16-6-4-7-17(13-16)32(29,30)24-9-11-31-12-10-24/h4,6-7,13,15H,2-3,5,8-12,14H2,1H3,(H,22,26)(H,23,28). The molecule has 4 rings (SSSR count). The predicted octanol–water partition coefficient (Wildman–Crippen LogP) is 1.15. The summed E-state index contributed by atoms with van der Waals surface area (Å²) < 4.78 is 32.2. The van der Waals surface area contributed by atoms with Crippen molar-refractivity contribution in [3.63, 3.8) is 0 Å². The van der Waals surface area contributed by atoms with Gasteiger partial charge in [0.1, 0.15) is 12.1 Å². The van der Waals surface area contributed by atoms with Gasteiger partial charge >= 0.3 is 6.03 Å². The molecule has 2 aliphatic heterocycles. The smallest absolute Gasteiger partial charge is 0.325 e. The highest BCUT2D eigenvalue weighted by Crippen LogP contribution is 2.38. The average molecular weight is 465 g/mol. The van der Waals surface area contributed by atoms with E-state index < -0.39 is 34.0 Å². The first-order valence-electron chi connectivity index (χ1n) is 10.9. The normalized spacial score (nSPS) is 26.9. The molecule has 1 spiro atoms. The molecule has 174 valence electrons. The number of anilines is 1. The Bertz CT molecular complexity index is 1020. The molecule has 2 heterocycles. The lowest BCUT2D eigenvalue weighted by atomic mass is 9.73. The van der Waals surface area contributed by atoms with Crippen molar-refractivity contribution in [3.8, 4) is 0 Å². The van der Waals surface area contributed by atoms with Gasteiger partial charge in [0.2, 0.25) is 15.9 Å². The molecule has 2 unspecified atom stereocenters. The number of carbonyl (C=O) groups is 3. The van der Waals surface area contributed by atoms with Crippen LogP contribution in [0, 0.1) is 5.92 Å². The molecule has 3 aliphatic rings. The summed E-state index contributed by atoms with van der Waals surface area (Å²) in [5.41, 5.74) is -0.654. The summed E-state index contributed by atoms with van der Waals surface area (Å²) in [5.74, 6) is -0.939. The van der Waals surface area contributed by atoms with Crippen LogP contribution in [0.25, 0.3) is 0 Å². The van der Waals surface area contributed by atoms with Crippen LogP contribution in [0.3, 0.4) is 0 Å². The van der Waals surface area contributed by atoms with Gasteiger partial charge in [-0.3, -0.25) is 14.5 Å². The lowest BCUT2D eigenvalue weighted by molar-refractivity contribution is -0.136. The van der Waals surface area contributed by atoms with E-state index in [1.54, 1.807) is 6.07 Å². The van der Waals surface area contributed by atoms with Gasteiger partial charge in [0.05, 0.1) is 18.1 Å². The summed E-state index contributed by atoms with van der Waals surface area (Å²) in [5, 5.41) is 5.42. The molecule has 0 aromatic heterocycles. The molecular weight excluding hydrogens is 436 g/mol. The van der Waals surface area contributed by atoms with Crippen molar-refractivity contribution in [1.82, 2.24) is 14.5 Å². The minimum Gasteiger partial charge on any atom is -0.379 e. The van der Waals surface area contributed by atoms with E-state index in [4.69, 9.17) is 4.74 Å². The third-order valence-corrected chi connectivity index (χ3v) is 8.42. The Labute approximate surface area is 187 Å². The number of hydrogen-bond acceptors (Lipinski definition) is 6. The van der Waals surface area contributed by atoms with Gasteiger partial charge in [-0.25, -0.2) is 13.2 Å². The van der Waals surface area contributed by atoms with Crippen LogP contribution in [0.15, 0.2) is 29.2 Å². The number of ether oxygens (including phenoxy) is 1. The van der Waals surface area contributed by atoms with Crippen molar-refractivity contribution < 1.29 is 27.5 Å². The first-order valence-corrected chi connectivity index (χ1v) is 12.3. The first-order chi connectivity index (χ1) is 15.2. The van der Waals surface area contributed by atoms with E-state index in [0.29, 0.717) is 19.6 Å². The zero-order valence-corrected chi connectivity index (χ0v) is 18.8. The fraction of sp³-hybridized carbons (Fsp3) is 0.571. The highest BCUT2D eigenvalue weighted by molar-refractivity contribution is 7.89. The van der Waals surface area contributed by atoms with E-state index in [1.807, 2.05) is 6.92 Å². The molecule has 0 bridgehead atoms. The number of benzene rings is 1. The van der Waals surface area contributed by atoms with Crippen molar-refractivity contribution in [2.24, 2.45) is 5.92 Å². The molecule has 1 saturated carbocycles. The largest absolute Gasteiger partial charge is 0.379 e. The minimum absolute atomic E-state index is 0.00263. The topological polar surface area (TPSA) is 125 Å². The maximum absolute atomic E-state index is 13.0. The Kier molecular flexibility index (Phi) is 6.24. The molecule has 2 saturated heterocycles. The maximum Gasteiger partial charge on any atom is 0.325 e. The number of rotatable bonds is 5. The van der Waals surface area contributed by atoms with Crippen molar-refractivity contribution in [2.45, 2.75) is 43.0 Å². The van der Waals surface area contributed by atoms with Gasteiger partial charge in [-0.2, -0.15) is 4.31 Å². The number of hydrogen-bond donors (Lipinski definition) is 2. The SMILES string of the molecule is CC1CCCCC12NC(=O)N(CC(=O)Nc1cccc(S(=O)(=O)N3CCOCC3)c1)C2=O. The number of morpholine rings is 1. The van der Waals surface area contributed by atoms with Crippen LogP contribution in [0.5, 0.6) is 0 Å². The van der Waals surface area contributed by atoms with Gasteiger partial charge in [-0.1, -0.05) is 25.8 Å². The summed E-state index contributed by atoms with van der Waals surface area (Å²) in [7, 11) is -3.71. The zero-order chi connectivity index (χ0) is 22.9. The number of urea groups is 1. The summed E-state index contributed by atoms with van der Waals surface area (Å²) in [6.45, 7) is 2.72. The second-order valence-corrected chi connectivity index (χ2v) is 10.5. The molecule has 0 radical (unpaired) electrons. The van der Waals surface area contributed by atoms with E-state index in [1.165, 1.54) is 22.5 Å². The lowest BCUT2D eigenvalue weighted by Crippen LogP contribution is -2.54. The molecule has 1 aliphatic carbocycles. The minimum atomic E-state index is -3.71. The molecule has 1 aromatic rings. The highest BCUT2D eigenvalue weighted by atomic mass is 32.2.